The van der Waals surface area contributed by atoms with Crippen LogP contribution in [0.2, 0.25) is 0 Å². The number of nitrogens with zero attached hydrogens (tertiary/aromatic N) is 3. The molecule has 1 unspecified atom stereocenters. The predicted molar refractivity (Wildman–Crippen MR) is 78.1 cm³/mol. The molecule has 1 aliphatic rings. The average molecular weight is 287 g/mol. The van der Waals surface area contributed by atoms with Crippen LogP contribution < -0.4 is 0 Å². The molecule has 1 amide bonds. The Kier molecular flexibility index (Phi) is 3.49. The molecule has 1 saturated heterocycles. The Morgan fingerprint density at radius 1 is 1.43 bits per heavy atom. The number of hydrogen-bond donors (Lipinski definition) is 0. The van der Waals surface area contributed by atoms with Gasteiger partial charge in [0, 0.05) is 50.4 Å². The number of aryl methyl sites for hydroxylation is 1. The molecule has 110 valence electrons. The molecule has 1 aliphatic heterocycles. The predicted octanol–water partition coefficient (Wildman–Crippen LogP) is 2.48. The molecule has 0 N–H and O–H groups in total. The van der Waals surface area contributed by atoms with Crippen LogP contribution in [-0.2, 0) is 11.3 Å². The first kappa shape index (κ1) is 13.8. The Hall–Kier alpha value is -2.17. The van der Waals surface area contributed by atoms with E-state index in [9.17, 15) is 9.18 Å². The first-order valence-corrected chi connectivity index (χ1v) is 7.06. The highest BCUT2D eigenvalue weighted by molar-refractivity contribution is 5.78. The van der Waals surface area contributed by atoms with Gasteiger partial charge in [-0.3, -0.25) is 4.79 Å². The zero-order valence-electron chi connectivity index (χ0n) is 12.2. The van der Waals surface area contributed by atoms with Crippen LogP contribution in [0.3, 0.4) is 0 Å². The lowest BCUT2D eigenvalue weighted by molar-refractivity contribution is -0.126. The maximum absolute atomic E-state index is 13.2. The van der Waals surface area contributed by atoms with Crippen molar-refractivity contribution in [1.82, 2.24) is 14.5 Å². The second-order valence-electron chi connectivity index (χ2n) is 5.71. The van der Waals surface area contributed by atoms with E-state index in [1.165, 1.54) is 12.1 Å². The van der Waals surface area contributed by atoms with Gasteiger partial charge >= 0.3 is 0 Å². The van der Waals surface area contributed by atoms with Gasteiger partial charge in [0.2, 0.25) is 5.91 Å². The van der Waals surface area contributed by atoms with Crippen molar-refractivity contribution in [3.8, 4) is 11.4 Å². The minimum atomic E-state index is -0.239. The van der Waals surface area contributed by atoms with Crippen LogP contribution in [0.4, 0.5) is 4.39 Å². The van der Waals surface area contributed by atoms with Crippen molar-refractivity contribution in [3.63, 3.8) is 0 Å². The molecule has 2 heterocycles. The summed E-state index contributed by atoms with van der Waals surface area (Å²) in [6, 6.07) is 4.73. The number of rotatable bonds is 3. The molecule has 2 aromatic rings. The van der Waals surface area contributed by atoms with Crippen molar-refractivity contribution >= 4 is 5.91 Å². The highest BCUT2D eigenvalue weighted by Crippen LogP contribution is 2.25. The molecule has 4 nitrogen and oxygen atoms in total. The summed E-state index contributed by atoms with van der Waals surface area (Å²) in [6.45, 7) is 3.41. The molecule has 0 bridgehead atoms. The third-order valence-electron chi connectivity index (χ3n) is 4.02. The number of halogens is 1. The summed E-state index contributed by atoms with van der Waals surface area (Å²) in [5, 5.41) is 0. The van der Waals surface area contributed by atoms with E-state index in [0.717, 1.165) is 30.0 Å². The molecule has 21 heavy (non-hydrogen) atoms. The smallest absolute Gasteiger partial charge is 0.222 e. The van der Waals surface area contributed by atoms with Crippen molar-refractivity contribution in [2.75, 3.05) is 13.6 Å². The Morgan fingerprint density at radius 3 is 2.90 bits per heavy atom. The lowest BCUT2D eigenvalue weighted by Crippen LogP contribution is -2.20. The fourth-order valence-corrected chi connectivity index (χ4v) is 2.94. The first-order chi connectivity index (χ1) is 10.0. The number of aromatic nitrogens is 2. The lowest BCUT2D eigenvalue weighted by atomic mass is 10.1. The number of carbonyl (C=O) groups excluding carboxylic acids is 1. The third kappa shape index (κ3) is 2.68. The number of carbonyl (C=O) groups is 1. The summed E-state index contributed by atoms with van der Waals surface area (Å²) in [7, 11) is 1.83. The zero-order valence-corrected chi connectivity index (χ0v) is 12.2. The van der Waals surface area contributed by atoms with Crippen molar-refractivity contribution in [3.05, 3.63) is 42.0 Å². The van der Waals surface area contributed by atoms with Gasteiger partial charge in [0.05, 0.1) is 0 Å². The van der Waals surface area contributed by atoms with Gasteiger partial charge in [0.15, 0.2) is 0 Å². The van der Waals surface area contributed by atoms with Crippen LogP contribution in [-0.4, -0.2) is 34.0 Å². The topological polar surface area (TPSA) is 38.1 Å². The second-order valence-corrected chi connectivity index (χ2v) is 5.71. The molecular weight excluding hydrogens is 269 g/mol. The summed E-state index contributed by atoms with van der Waals surface area (Å²) in [4.78, 5) is 17.8. The Morgan fingerprint density at radius 2 is 2.24 bits per heavy atom. The first-order valence-electron chi connectivity index (χ1n) is 7.06. The zero-order chi connectivity index (χ0) is 15.0. The van der Waals surface area contributed by atoms with Gasteiger partial charge in [0.25, 0.3) is 0 Å². The van der Waals surface area contributed by atoms with E-state index < -0.39 is 0 Å². The third-order valence-corrected chi connectivity index (χ3v) is 4.02. The summed E-state index contributed by atoms with van der Waals surface area (Å²) in [5.41, 5.74) is 1.79. The van der Waals surface area contributed by atoms with Crippen LogP contribution in [0, 0.1) is 18.7 Å². The van der Waals surface area contributed by atoms with Crippen LogP contribution >= 0.6 is 0 Å². The number of benzene rings is 1. The van der Waals surface area contributed by atoms with E-state index >= 15 is 0 Å². The monoisotopic (exact) mass is 287 g/mol. The lowest BCUT2D eigenvalue weighted by Gasteiger charge is -2.14. The fourth-order valence-electron chi connectivity index (χ4n) is 2.94. The Balaban J connectivity index is 1.86. The number of amides is 1. The van der Waals surface area contributed by atoms with E-state index in [1.807, 2.05) is 20.2 Å². The molecule has 0 saturated carbocycles. The summed E-state index contributed by atoms with van der Waals surface area (Å²) in [5.74, 6) is 1.09. The van der Waals surface area contributed by atoms with Crippen LogP contribution in [0.15, 0.2) is 30.6 Å². The summed E-state index contributed by atoms with van der Waals surface area (Å²) < 4.78 is 15.3. The SMILES string of the molecule is Cc1cc(F)ccc1-c1nccn1CC1CC(=O)N(C)C1. The fraction of sp³-hybridized carbons (Fsp3) is 0.375. The van der Waals surface area contributed by atoms with Crippen LogP contribution in [0.5, 0.6) is 0 Å². The maximum Gasteiger partial charge on any atom is 0.222 e. The molecule has 0 spiro atoms. The minimum Gasteiger partial charge on any atom is -0.345 e. The Bertz CT molecular complexity index is 680. The van der Waals surface area contributed by atoms with Crippen LogP contribution in [0.25, 0.3) is 11.4 Å². The number of imidazole rings is 1. The molecule has 3 rings (SSSR count). The van der Waals surface area contributed by atoms with Crippen LogP contribution in [0.1, 0.15) is 12.0 Å². The van der Waals surface area contributed by atoms with Gasteiger partial charge in [-0.1, -0.05) is 0 Å². The van der Waals surface area contributed by atoms with Crippen molar-refractivity contribution in [1.29, 1.82) is 0 Å². The van der Waals surface area contributed by atoms with E-state index in [-0.39, 0.29) is 11.7 Å². The molecule has 1 fully saturated rings. The highest BCUT2D eigenvalue weighted by atomic mass is 19.1. The molecule has 1 aromatic carbocycles. The number of hydrogen-bond acceptors (Lipinski definition) is 2. The van der Waals surface area contributed by atoms with Gasteiger partial charge in [0.1, 0.15) is 11.6 Å². The maximum atomic E-state index is 13.2. The summed E-state index contributed by atoms with van der Waals surface area (Å²) >= 11 is 0. The quantitative estimate of drug-likeness (QED) is 0.870. The average Bonchev–Trinajstić information content (AvgIpc) is 2.98. The van der Waals surface area contributed by atoms with Gasteiger partial charge in [-0.15, -0.1) is 0 Å². The second kappa shape index (κ2) is 5.31. The summed E-state index contributed by atoms with van der Waals surface area (Å²) in [6.07, 6.45) is 4.25. The molecule has 5 heteroatoms. The van der Waals surface area contributed by atoms with Gasteiger partial charge < -0.3 is 9.47 Å². The largest absolute Gasteiger partial charge is 0.345 e. The van der Waals surface area contributed by atoms with Gasteiger partial charge in [-0.25, -0.2) is 9.37 Å². The van der Waals surface area contributed by atoms with E-state index in [2.05, 4.69) is 9.55 Å². The van der Waals surface area contributed by atoms with Gasteiger partial charge in [-0.2, -0.15) is 0 Å². The van der Waals surface area contributed by atoms with E-state index in [0.29, 0.717) is 12.3 Å². The van der Waals surface area contributed by atoms with Crippen molar-refractivity contribution in [2.45, 2.75) is 19.9 Å². The van der Waals surface area contributed by atoms with Crippen molar-refractivity contribution in [2.24, 2.45) is 5.92 Å². The molecule has 0 aliphatic carbocycles. The number of likely N-dealkylation sites (tertiary alicyclic amines) is 1. The molecule has 1 aromatic heterocycles. The van der Waals surface area contributed by atoms with Gasteiger partial charge in [-0.05, 0) is 30.7 Å². The Labute approximate surface area is 123 Å². The standard InChI is InChI=1S/C16H18FN3O/c1-11-7-13(17)3-4-14(11)16-18-5-6-20(16)10-12-8-15(21)19(2)9-12/h3-7,12H,8-10H2,1-2H3. The highest BCUT2D eigenvalue weighted by Gasteiger charge is 2.27. The van der Waals surface area contributed by atoms with E-state index in [1.54, 1.807) is 17.2 Å². The molecule has 0 radical (unpaired) electrons. The molecular formula is C16H18FN3O. The van der Waals surface area contributed by atoms with E-state index in [4.69, 9.17) is 0 Å². The minimum absolute atomic E-state index is 0.194. The molecule has 1 atom stereocenters. The normalized spacial score (nSPS) is 18.5. The van der Waals surface area contributed by atoms with Crippen molar-refractivity contribution < 1.29 is 9.18 Å².